The molecule has 0 unspecified atom stereocenters. The Kier molecular flexibility index (Phi) is 170. The third-order valence-electron chi connectivity index (χ3n) is 0.607. The van der Waals surface area contributed by atoms with E-state index in [0.29, 0.717) is 0 Å². The molecule has 0 aromatic heterocycles. The van der Waals surface area contributed by atoms with Crippen molar-refractivity contribution < 1.29 is 21.7 Å². The molecule has 0 aliphatic rings. The molecule has 0 saturated carbocycles. The largest absolute Gasteiger partial charge is 0.693 e. The summed E-state index contributed by atoms with van der Waals surface area (Å²) >= 11 is 0. The van der Waals surface area contributed by atoms with Gasteiger partial charge in [-0.05, 0) is 0 Å². The van der Waals surface area contributed by atoms with Crippen LogP contribution in [0.4, 0.5) is 0 Å². The van der Waals surface area contributed by atoms with Crippen LogP contribution in [0.15, 0.2) is 30.3 Å². The van der Waals surface area contributed by atoms with E-state index in [-0.39, 0.29) is 58.6 Å². The summed E-state index contributed by atoms with van der Waals surface area (Å²) in [6.07, 6.45) is 0. The van der Waals surface area contributed by atoms with Crippen molar-refractivity contribution >= 4 is 0 Å². The summed E-state index contributed by atoms with van der Waals surface area (Å²) in [4.78, 5) is 0. The zero-order chi connectivity index (χ0) is 4.24. The Bertz CT molecular complexity index is 89.0. The molecule has 1 rings (SSSR count). The maximum absolute atomic E-state index is 2.89. The van der Waals surface area contributed by atoms with Crippen molar-refractivity contribution in [2.75, 3.05) is 0 Å². The molecule has 0 bridgehead atoms. The van der Waals surface area contributed by atoms with Gasteiger partial charge in [-0.15, -0.1) is 0 Å². The summed E-state index contributed by atoms with van der Waals surface area (Å²) in [5, 5.41) is 0. The number of benzene rings is 1. The minimum Gasteiger partial charge on any atom is -0.693 e. The van der Waals surface area contributed by atoms with Crippen LogP contribution in [0.25, 0.3) is 36.9 Å². The van der Waals surface area contributed by atoms with Crippen LogP contribution >= 0.6 is 0 Å². The molecule has 0 heterocycles. The van der Waals surface area contributed by atoms with E-state index >= 15 is 0 Å². The molecule has 0 atom stereocenters. The molecule has 0 aliphatic carbocycles. The fourth-order valence-electron chi connectivity index (χ4n) is 0.342. The molecule has 0 aliphatic heterocycles. The third kappa shape index (κ3) is 33.9. The first-order valence-electron chi connectivity index (χ1n) is 1.91. The summed E-state index contributed by atoms with van der Waals surface area (Å²) in [5.41, 5.74) is 0. The third-order valence-corrected chi connectivity index (χ3v) is 0.607. The van der Waals surface area contributed by atoms with Crippen molar-refractivity contribution in [2.45, 2.75) is 0 Å². The number of nitrogens with two attached hydrogens (primary N) is 6. The topological polar surface area (TPSA) is 201 Å². The van der Waals surface area contributed by atoms with Gasteiger partial charge in [0.05, 0.1) is 0 Å². The molecule has 13 heavy (non-hydrogen) atoms. The molecule has 12 N–H and O–H groups in total. The Morgan fingerprint density at radius 1 is 0.538 bits per heavy atom. The van der Waals surface area contributed by atoms with Gasteiger partial charge in [0.15, 0.2) is 0 Å². The van der Waals surface area contributed by atoms with Gasteiger partial charge in [0.1, 0.15) is 0 Å². The minimum absolute atomic E-state index is 0. The summed E-state index contributed by atoms with van der Waals surface area (Å²) in [5.74, 6) is 0. The second kappa shape index (κ2) is 41.2. The van der Waals surface area contributed by atoms with E-state index in [1.165, 1.54) is 0 Å². The van der Waals surface area contributed by atoms with Crippen molar-refractivity contribution in [1.29, 1.82) is 0 Å². The predicted octanol–water partition coefficient (Wildman–Crippen LogP) is 5.79. The van der Waals surface area contributed by atoms with Gasteiger partial charge >= 0.3 is 0 Å². The van der Waals surface area contributed by atoms with Gasteiger partial charge in [-0.1, -0.05) is 0 Å². The van der Waals surface area contributed by atoms with Crippen LogP contribution in [0.1, 0.15) is 0 Å². The van der Waals surface area contributed by atoms with Crippen LogP contribution in [-0.2, 0) is 21.7 Å². The van der Waals surface area contributed by atoms with E-state index in [2.05, 4.69) is 6.07 Å². The van der Waals surface area contributed by atoms with Gasteiger partial charge in [-0.2, -0.15) is 36.4 Å². The molecule has 0 spiro atoms. The Hall–Kier alpha value is -0.306. The fourth-order valence-corrected chi connectivity index (χ4v) is 0.342. The predicted molar refractivity (Wildman–Crippen MR) is 57.0 cm³/mol. The Balaban J connectivity index is -0.0000000103. The van der Waals surface area contributed by atoms with Crippen molar-refractivity contribution in [3.63, 3.8) is 0 Å². The SMILES string of the molecule is [NH2-].[NH2-].[NH2-].[NH2-].[NH2-].[NH2-].[Ti].[c-]1ccccc1. The first kappa shape index (κ1) is 53.5. The van der Waals surface area contributed by atoms with Crippen LogP contribution in [0.5, 0.6) is 0 Å². The van der Waals surface area contributed by atoms with Crippen LogP contribution < -0.4 is 0 Å². The zero-order valence-corrected chi connectivity index (χ0v) is 8.91. The molecule has 6 nitrogen and oxygen atoms in total. The maximum atomic E-state index is 2.89. The van der Waals surface area contributed by atoms with E-state index in [4.69, 9.17) is 0 Å². The van der Waals surface area contributed by atoms with E-state index in [1.54, 1.807) is 0 Å². The Labute approximate surface area is 95.3 Å². The molecule has 1 aromatic rings. The Morgan fingerprint density at radius 3 is 0.923 bits per heavy atom. The number of hydrogen-bond donors (Lipinski definition) is 0. The second-order valence-electron chi connectivity index (χ2n) is 1.08. The average molecular weight is 221 g/mol. The quantitative estimate of drug-likeness (QED) is 0.377. The van der Waals surface area contributed by atoms with Gasteiger partial charge in [0.25, 0.3) is 0 Å². The first-order valence-corrected chi connectivity index (χ1v) is 1.91. The molecular formula is C6H17N6Ti-7. The Morgan fingerprint density at radius 2 is 0.846 bits per heavy atom. The summed E-state index contributed by atoms with van der Waals surface area (Å²) in [7, 11) is 0. The average Bonchev–Trinajstić information content (AvgIpc) is 1.72. The van der Waals surface area contributed by atoms with Crippen LogP contribution in [-0.4, -0.2) is 0 Å². The molecule has 7 heteroatoms. The van der Waals surface area contributed by atoms with Crippen molar-refractivity contribution in [3.8, 4) is 0 Å². The molecule has 0 fully saturated rings. The second-order valence-corrected chi connectivity index (χ2v) is 1.08. The van der Waals surface area contributed by atoms with Crippen LogP contribution in [0.3, 0.4) is 0 Å². The molecular weight excluding hydrogens is 204 g/mol. The van der Waals surface area contributed by atoms with Gasteiger partial charge in [-0.3, -0.25) is 0 Å². The van der Waals surface area contributed by atoms with Gasteiger partial charge in [-0.25, -0.2) is 0 Å². The number of hydrogen-bond acceptors (Lipinski definition) is 0. The molecule has 1 aromatic carbocycles. The van der Waals surface area contributed by atoms with Gasteiger partial charge < -0.3 is 36.9 Å². The molecule has 0 saturated heterocycles. The van der Waals surface area contributed by atoms with Gasteiger partial charge in [0, 0.05) is 21.7 Å². The summed E-state index contributed by atoms with van der Waals surface area (Å²) < 4.78 is 0. The smallest absolute Gasteiger partial charge is 0 e. The fraction of sp³-hybridized carbons (Fsp3) is 0. The first-order chi connectivity index (χ1) is 3.00. The van der Waals surface area contributed by atoms with E-state index in [0.717, 1.165) is 0 Å². The summed E-state index contributed by atoms with van der Waals surface area (Å²) in [6, 6.07) is 12.5. The summed E-state index contributed by atoms with van der Waals surface area (Å²) in [6.45, 7) is 0. The van der Waals surface area contributed by atoms with E-state index in [1.807, 2.05) is 30.3 Å². The van der Waals surface area contributed by atoms with Gasteiger partial charge in [0.2, 0.25) is 0 Å². The van der Waals surface area contributed by atoms with Crippen LogP contribution in [0, 0.1) is 6.07 Å². The van der Waals surface area contributed by atoms with Crippen molar-refractivity contribution in [2.24, 2.45) is 0 Å². The van der Waals surface area contributed by atoms with Crippen LogP contribution in [0.2, 0.25) is 0 Å². The van der Waals surface area contributed by atoms with E-state index in [9.17, 15) is 0 Å². The molecule has 0 radical (unpaired) electrons. The van der Waals surface area contributed by atoms with E-state index < -0.39 is 0 Å². The minimum atomic E-state index is 0. The van der Waals surface area contributed by atoms with Crippen molar-refractivity contribution in [1.82, 2.24) is 0 Å². The zero-order valence-electron chi connectivity index (χ0n) is 7.35. The molecule has 0 amide bonds. The van der Waals surface area contributed by atoms with Crippen molar-refractivity contribution in [3.05, 3.63) is 73.3 Å². The normalized spacial score (nSPS) is 3.69. The maximum Gasteiger partial charge on any atom is 0 e. The monoisotopic (exact) mass is 221 g/mol. The molecule has 82 valence electrons. The standard InChI is InChI=1S/C6H5.6H2N.Ti/c1-2-4-6-5-3-1;;;;;;;/h1-5H;6*1H2;/q7*-1;. The number of rotatable bonds is 0.